The zero-order valence-corrected chi connectivity index (χ0v) is 6.72. The second-order valence-corrected chi connectivity index (χ2v) is 1.22. The molecular weight excluding hydrogens is 218 g/mol. The molecule has 0 atom stereocenters. The van der Waals surface area contributed by atoms with Crippen molar-refractivity contribution in [3.63, 3.8) is 0 Å². The second-order valence-electron chi connectivity index (χ2n) is 0.408. The van der Waals surface area contributed by atoms with E-state index >= 15 is 0 Å². The van der Waals surface area contributed by atoms with Gasteiger partial charge >= 0.3 is 17.1 Å². The molecule has 11 N–H and O–H groups in total. The topological polar surface area (TPSA) is 217 Å². The summed E-state index contributed by atoms with van der Waals surface area (Å²) in [4.78, 5) is 0. The van der Waals surface area contributed by atoms with Crippen molar-refractivity contribution in [1.82, 2.24) is 18.5 Å². The smallest absolute Gasteiger partial charge is 0.759 e. The number of hydrogen-bond acceptors (Lipinski definition) is 7. The summed E-state index contributed by atoms with van der Waals surface area (Å²) in [6.45, 7) is 0. The third kappa shape index (κ3) is 8170. The first-order chi connectivity index (χ1) is 2.00. The van der Waals surface area contributed by atoms with E-state index in [1.54, 1.807) is 0 Å². The predicted molar refractivity (Wildman–Crippen MR) is 29.2 cm³/mol. The summed E-state index contributed by atoms with van der Waals surface area (Å²) in [5, 5.41) is 0. The molecule has 0 bridgehead atoms. The molecule has 0 aliphatic rings. The Hall–Kier alpha value is 0.229. The van der Waals surface area contributed by atoms with E-state index < -0.39 is 10.4 Å². The van der Waals surface area contributed by atoms with Gasteiger partial charge in [-0.1, -0.05) is 0 Å². The second kappa shape index (κ2) is 16.1. The van der Waals surface area contributed by atoms with Gasteiger partial charge < -0.3 is 33.0 Å². The molecule has 0 heterocycles. The maximum Gasteiger partial charge on any atom is 2.00 e. The maximum atomic E-state index is 8.52. The Morgan fingerprint density at radius 2 is 0.900 bits per heavy atom. The van der Waals surface area contributed by atoms with Crippen molar-refractivity contribution >= 4 is 10.4 Å². The van der Waals surface area contributed by atoms with E-state index in [0.29, 0.717) is 0 Å². The van der Waals surface area contributed by atoms with E-state index in [1.165, 1.54) is 0 Å². The minimum absolute atomic E-state index is 0. The zero-order valence-electron chi connectivity index (χ0n) is 4.96. The SMILES string of the molecule is N.N.N.O.O=S(=O)([O-])[O-].[Cu+2]. The van der Waals surface area contributed by atoms with Gasteiger partial charge in [0.15, 0.2) is 0 Å². The summed E-state index contributed by atoms with van der Waals surface area (Å²) < 4.78 is 34.1. The zero-order chi connectivity index (χ0) is 4.50. The molecule has 0 saturated heterocycles. The van der Waals surface area contributed by atoms with Gasteiger partial charge in [0.1, 0.15) is 0 Å². The van der Waals surface area contributed by atoms with Gasteiger partial charge in [0.05, 0.1) is 0 Å². The molecule has 0 aromatic carbocycles. The Bertz CT molecular complexity index is 100. The van der Waals surface area contributed by atoms with Crippen molar-refractivity contribution in [3.05, 3.63) is 0 Å². The third-order valence-corrected chi connectivity index (χ3v) is 0. The quantitative estimate of drug-likeness (QED) is 0.248. The van der Waals surface area contributed by atoms with Crippen LogP contribution in [0.15, 0.2) is 0 Å². The molecule has 0 fully saturated rings. The van der Waals surface area contributed by atoms with E-state index in [9.17, 15) is 0 Å². The molecule has 73 valence electrons. The summed E-state index contributed by atoms with van der Waals surface area (Å²) in [6.07, 6.45) is 0. The summed E-state index contributed by atoms with van der Waals surface area (Å²) in [6, 6.07) is 0. The van der Waals surface area contributed by atoms with Crippen LogP contribution in [-0.4, -0.2) is 23.0 Å². The van der Waals surface area contributed by atoms with Gasteiger partial charge in [-0.2, -0.15) is 0 Å². The van der Waals surface area contributed by atoms with Gasteiger partial charge in [-0.05, 0) is 0 Å². The molecule has 0 spiro atoms. The van der Waals surface area contributed by atoms with Crippen molar-refractivity contribution < 1.29 is 40.1 Å². The molecule has 0 aliphatic heterocycles. The minimum atomic E-state index is -5.17. The Morgan fingerprint density at radius 3 is 0.900 bits per heavy atom. The molecule has 8 nitrogen and oxygen atoms in total. The molecule has 0 aromatic heterocycles. The van der Waals surface area contributed by atoms with E-state index in [1.807, 2.05) is 0 Å². The fourth-order valence-corrected chi connectivity index (χ4v) is 0. The van der Waals surface area contributed by atoms with Gasteiger partial charge in [-0.25, -0.2) is 0 Å². The van der Waals surface area contributed by atoms with Crippen LogP contribution in [0.2, 0.25) is 0 Å². The monoisotopic (exact) mass is 228 g/mol. The largest absolute Gasteiger partial charge is 2.00 e. The summed E-state index contributed by atoms with van der Waals surface area (Å²) >= 11 is 0. The first-order valence-corrected chi connectivity index (χ1v) is 2.00. The van der Waals surface area contributed by atoms with Crippen molar-refractivity contribution in [2.24, 2.45) is 0 Å². The van der Waals surface area contributed by atoms with Crippen LogP contribution < -0.4 is 18.5 Å². The predicted octanol–water partition coefficient (Wildman–Crippen LogP) is -1.68. The summed E-state index contributed by atoms with van der Waals surface area (Å²) in [5.74, 6) is 0. The molecule has 10 heavy (non-hydrogen) atoms. The van der Waals surface area contributed by atoms with Crippen LogP contribution in [0.25, 0.3) is 0 Å². The van der Waals surface area contributed by atoms with E-state index in [-0.39, 0.29) is 41.0 Å². The summed E-state index contributed by atoms with van der Waals surface area (Å²) in [7, 11) is -5.17. The van der Waals surface area contributed by atoms with Crippen LogP contribution in [0.1, 0.15) is 0 Å². The van der Waals surface area contributed by atoms with Crippen LogP contribution in [0.4, 0.5) is 0 Å². The first-order valence-electron chi connectivity index (χ1n) is 0.667. The average Bonchev–Trinajstić information content (AvgIpc) is 0.722. The molecule has 1 radical (unpaired) electrons. The summed E-state index contributed by atoms with van der Waals surface area (Å²) in [5.41, 5.74) is 0. The van der Waals surface area contributed by atoms with Crippen LogP contribution in [0, 0.1) is 0 Å². The molecule has 0 saturated carbocycles. The Labute approximate surface area is 69.5 Å². The maximum absolute atomic E-state index is 8.52. The van der Waals surface area contributed by atoms with Crippen LogP contribution >= 0.6 is 0 Å². The molecular formula is H11CuN3O5S. The van der Waals surface area contributed by atoms with Gasteiger partial charge in [-0.3, -0.25) is 8.42 Å². The van der Waals surface area contributed by atoms with Crippen LogP contribution in [-0.2, 0) is 27.5 Å². The standard InChI is InChI=1S/Cu.3H3N.H2O4S.H2O/c;;;;1-5(2,3)4;/h;3*1H3;(H2,1,2,3,4);1H2/q+2;;;;;/p-2. The van der Waals surface area contributed by atoms with Crippen molar-refractivity contribution in [2.45, 2.75) is 0 Å². The molecule has 0 rings (SSSR count). The molecule has 0 amide bonds. The van der Waals surface area contributed by atoms with Crippen molar-refractivity contribution in [1.29, 1.82) is 0 Å². The fraction of sp³-hybridized carbons (Fsp3) is 0. The van der Waals surface area contributed by atoms with Crippen LogP contribution in [0.5, 0.6) is 0 Å². The van der Waals surface area contributed by atoms with Gasteiger partial charge in [0.2, 0.25) is 0 Å². The Morgan fingerprint density at radius 1 is 0.900 bits per heavy atom. The van der Waals surface area contributed by atoms with Gasteiger partial charge in [0, 0.05) is 10.4 Å². The van der Waals surface area contributed by atoms with Gasteiger partial charge in [-0.15, -0.1) is 0 Å². The third-order valence-electron chi connectivity index (χ3n) is 0. The van der Waals surface area contributed by atoms with E-state index in [2.05, 4.69) is 0 Å². The van der Waals surface area contributed by atoms with E-state index in [0.717, 1.165) is 0 Å². The van der Waals surface area contributed by atoms with E-state index in [4.69, 9.17) is 17.5 Å². The Balaban J connectivity index is -0.00000000800. The van der Waals surface area contributed by atoms with Crippen LogP contribution in [0.3, 0.4) is 0 Å². The number of rotatable bonds is 0. The number of hydrogen-bond donors (Lipinski definition) is 3. The molecule has 10 heteroatoms. The fourth-order valence-electron chi connectivity index (χ4n) is 0. The van der Waals surface area contributed by atoms with Crippen molar-refractivity contribution in [2.75, 3.05) is 0 Å². The molecule has 0 aliphatic carbocycles. The molecule has 0 aromatic rings. The van der Waals surface area contributed by atoms with Crippen molar-refractivity contribution in [3.8, 4) is 0 Å². The Kier molecular flexibility index (Phi) is 78.5. The average molecular weight is 229 g/mol. The minimum Gasteiger partial charge on any atom is -0.759 e. The molecule has 0 unspecified atom stereocenters. The van der Waals surface area contributed by atoms with Gasteiger partial charge in [0.25, 0.3) is 0 Å². The first kappa shape index (κ1) is 48.7. The normalized spacial score (nSPS) is 5.80.